The Labute approximate surface area is 158 Å². The minimum atomic E-state index is -0.0934. The number of hydrogen-bond donors (Lipinski definition) is 1. The Balaban J connectivity index is 1.60. The molecule has 1 heterocycles. The van der Waals surface area contributed by atoms with Gasteiger partial charge in [0.15, 0.2) is 0 Å². The van der Waals surface area contributed by atoms with Gasteiger partial charge in [0, 0.05) is 12.1 Å². The van der Waals surface area contributed by atoms with Crippen molar-refractivity contribution in [2.24, 2.45) is 0 Å². The summed E-state index contributed by atoms with van der Waals surface area (Å²) in [5, 5.41) is 3.04. The first kappa shape index (κ1) is 17.0. The monoisotopic (exact) mass is 355 g/mol. The molecule has 0 aliphatic heterocycles. The van der Waals surface area contributed by atoms with Crippen molar-refractivity contribution < 1.29 is 4.79 Å². The molecular formula is C23H21N3O. The molecule has 0 bridgehead atoms. The van der Waals surface area contributed by atoms with Crippen molar-refractivity contribution in [2.75, 3.05) is 0 Å². The Bertz CT molecular complexity index is 1080. The van der Waals surface area contributed by atoms with Gasteiger partial charge in [-0.2, -0.15) is 0 Å². The Morgan fingerprint density at radius 3 is 2.44 bits per heavy atom. The van der Waals surface area contributed by atoms with Gasteiger partial charge in [-0.1, -0.05) is 60.7 Å². The van der Waals surface area contributed by atoms with Crippen LogP contribution in [-0.4, -0.2) is 15.5 Å². The molecule has 134 valence electrons. The van der Waals surface area contributed by atoms with Crippen LogP contribution in [0.4, 0.5) is 0 Å². The maximum absolute atomic E-state index is 12.9. The van der Waals surface area contributed by atoms with Crippen LogP contribution >= 0.6 is 0 Å². The van der Waals surface area contributed by atoms with Gasteiger partial charge in [0.2, 0.25) is 0 Å². The predicted molar refractivity (Wildman–Crippen MR) is 108 cm³/mol. The SMILES string of the molecule is CCn1c(CNC(=O)c2ccccc2-c2ccccc2)nc2ccccc21. The number of benzene rings is 3. The zero-order valence-electron chi connectivity index (χ0n) is 15.2. The van der Waals surface area contributed by atoms with Crippen molar-refractivity contribution in [2.45, 2.75) is 20.0 Å². The van der Waals surface area contributed by atoms with E-state index < -0.39 is 0 Å². The molecule has 0 radical (unpaired) electrons. The van der Waals surface area contributed by atoms with E-state index >= 15 is 0 Å². The van der Waals surface area contributed by atoms with Gasteiger partial charge in [0.25, 0.3) is 5.91 Å². The number of rotatable bonds is 5. The number of fused-ring (bicyclic) bond motifs is 1. The zero-order valence-corrected chi connectivity index (χ0v) is 15.2. The molecule has 0 aliphatic carbocycles. The number of carbonyl (C=O) groups is 1. The van der Waals surface area contributed by atoms with Gasteiger partial charge in [-0.15, -0.1) is 0 Å². The summed E-state index contributed by atoms with van der Waals surface area (Å²) >= 11 is 0. The van der Waals surface area contributed by atoms with E-state index in [-0.39, 0.29) is 5.91 Å². The topological polar surface area (TPSA) is 46.9 Å². The third kappa shape index (κ3) is 3.34. The molecule has 4 rings (SSSR count). The summed E-state index contributed by atoms with van der Waals surface area (Å²) in [4.78, 5) is 17.6. The molecule has 27 heavy (non-hydrogen) atoms. The van der Waals surface area contributed by atoms with Crippen LogP contribution in [0.15, 0.2) is 78.9 Å². The van der Waals surface area contributed by atoms with E-state index in [1.54, 1.807) is 0 Å². The summed E-state index contributed by atoms with van der Waals surface area (Å²) in [7, 11) is 0. The first-order chi connectivity index (χ1) is 13.3. The van der Waals surface area contributed by atoms with E-state index in [1.165, 1.54) is 0 Å². The van der Waals surface area contributed by atoms with Crippen LogP contribution in [0.3, 0.4) is 0 Å². The Morgan fingerprint density at radius 2 is 1.63 bits per heavy atom. The number of aryl methyl sites for hydroxylation is 1. The highest BCUT2D eigenvalue weighted by Crippen LogP contribution is 2.23. The highest BCUT2D eigenvalue weighted by molar-refractivity contribution is 6.00. The molecule has 4 heteroatoms. The number of nitrogens with zero attached hydrogens (tertiary/aromatic N) is 2. The molecular weight excluding hydrogens is 334 g/mol. The quantitative estimate of drug-likeness (QED) is 0.566. The van der Waals surface area contributed by atoms with E-state index in [4.69, 9.17) is 0 Å². The molecule has 1 aromatic heterocycles. The van der Waals surface area contributed by atoms with Crippen LogP contribution < -0.4 is 5.32 Å². The molecule has 1 amide bonds. The van der Waals surface area contributed by atoms with Gasteiger partial charge in [-0.05, 0) is 36.2 Å². The maximum atomic E-state index is 12.9. The van der Waals surface area contributed by atoms with E-state index in [2.05, 4.69) is 27.9 Å². The zero-order chi connectivity index (χ0) is 18.6. The van der Waals surface area contributed by atoms with Gasteiger partial charge in [-0.3, -0.25) is 4.79 Å². The lowest BCUT2D eigenvalue weighted by molar-refractivity contribution is 0.0950. The first-order valence-corrected chi connectivity index (χ1v) is 9.14. The second-order valence-electron chi connectivity index (χ2n) is 6.36. The number of nitrogens with one attached hydrogen (secondary N) is 1. The molecule has 0 fully saturated rings. The van der Waals surface area contributed by atoms with Gasteiger partial charge in [0.1, 0.15) is 5.82 Å². The number of amides is 1. The number of hydrogen-bond acceptors (Lipinski definition) is 2. The highest BCUT2D eigenvalue weighted by Gasteiger charge is 2.14. The largest absolute Gasteiger partial charge is 0.345 e. The fraction of sp³-hybridized carbons (Fsp3) is 0.130. The second-order valence-corrected chi connectivity index (χ2v) is 6.36. The van der Waals surface area contributed by atoms with Crippen molar-refractivity contribution in [3.63, 3.8) is 0 Å². The fourth-order valence-corrected chi connectivity index (χ4v) is 3.42. The lowest BCUT2D eigenvalue weighted by Gasteiger charge is -2.11. The molecule has 0 aliphatic rings. The maximum Gasteiger partial charge on any atom is 0.252 e. The smallest absolute Gasteiger partial charge is 0.252 e. The molecule has 0 spiro atoms. The molecule has 3 aromatic carbocycles. The van der Waals surface area contributed by atoms with Gasteiger partial charge in [-0.25, -0.2) is 4.98 Å². The minimum absolute atomic E-state index is 0.0934. The number of imidazole rings is 1. The Hall–Kier alpha value is -3.40. The van der Waals surface area contributed by atoms with Gasteiger partial charge in [0.05, 0.1) is 17.6 Å². The fourth-order valence-electron chi connectivity index (χ4n) is 3.42. The van der Waals surface area contributed by atoms with Crippen molar-refractivity contribution >= 4 is 16.9 Å². The number of para-hydroxylation sites is 2. The molecule has 0 atom stereocenters. The van der Waals surface area contributed by atoms with Crippen LogP contribution in [0, 0.1) is 0 Å². The lowest BCUT2D eigenvalue weighted by Crippen LogP contribution is -2.25. The van der Waals surface area contributed by atoms with Crippen molar-refractivity contribution in [3.8, 4) is 11.1 Å². The summed E-state index contributed by atoms with van der Waals surface area (Å²) in [6.45, 7) is 3.29. The summed E-state index contributed by atoms with van der Waals surface area (Å²) in [6.07, 6.45) is 0. The molecule has 4 aromatic rings. The van der Waals surface area contributed by atoms with Crippen molar-refractivity contribution in [1.82, 2.24) is 14.9 Å². The van der Waals surface area contributed by atoms with Crippen LogP contribution in [0.25, 0.3) is 22.2 Å². The standard InChI is InChI=1S/C23H21N3O/c1-2-26-21-15-9-8-14-20(21)25-22(26)16-24-23(27)19-13-7-6-12-18(19)17-10-4-3-5-11-17/h3-15H,2,16H2,1H3,(H,24,27). The molecule has 0 saturated carbocycles. The van der Waals surface area contributed by atoms with Crippen LogP contribution in [0.2, 0.25) is 0 Å². The number of aromatic nitrogens is 2. The third-order valence-corrected chi connectivity index (χ3v) is 4.71. The molecule has 1 N–H and O–H groups in total. The predicted octanol–water partition coefficient (Wildman–Crippen LogP) is 4.65. The summed E-state index contributed by atoms with van der Waals surface area (Å²) in [5.41, 5.74) is 4.67. The third-order valence-electron chi connectivity index (χ3n) is 4.71. The average Bonchev–Trinajstić information content (AvgIpc) is 3.10. The Kier molecular flexibility index (Phi) is 4.71. The van der Waals surface area contributed by atoms with Gasteiger partial charge < -0.3 is 9.88 Å². The average molecular weight is 355 g/mol. The van der Waals surface area contributed by atoms with E-state index in [9.17, 15) is 4.79 Å². The summed E-state index contributed by atoms with van der Waals surface area (Å²) in [5.74, 6) is 0.772. The van der Waals surface area contributed by atoms with Crippen LogP contribution in [0.1, 0.15) is 23.1 Å². The molecule has 0 saturated heterocycles. The highest BCUT2D eigenvalue weighted by atomic mass is 16.1. The Morgan fingerprint density at radius 1 is 0.926 bits per heavy atom. The van der Waals surface area contributed by atoms with Gasteiger partial charge >= 0.3 is 0 Å². The first-order valence-electron chi connectivity index (χ1n) is 9.14. The molecule has 0 unspecified atom stereocenters. The minimum Gasteiger partial charge on any atom is -0.345 e. The van der Waals surface area contributed by atoms with E-state index in [1.807, 2.05) is 72.8 Å². The lowest BCUT2D eigenvalue weighted by atomic mass is 9.99. The van der Waals surface area contributed by atoms with Crippen molar-refractivity contribution in [1.29, 1.82) is 0 Å². The summed E-state index contributed by atoms with van der Waals surface area (Å²) in [6, 6.07) is 25.7. The van der Waals surface area contributed by atoms with Crippen LogP contribution in [-0.2, 0) is 13.1 Å². The van der Waals surface area contributed by atoms with Crippen molar-refractivity contribution in [3.05, 3.63) is 90.3 Å². The van der Waals surface area contributed by atoms with E-state index in [0.717, 1.165) is 34.5 Å². The number of carbonyl (C=O) groups excluding carboxylic acids is 1. The second kappa shape index (κ2) is 7.46. The molecule has 4 nitrogen and oxygen atoms in total. The summed E-state index contributed by atoms with van der Waals surface area (Å²) < 4.78 is 2.14. The van der Waals surface area contributed by atoms with E-state index in [0.29, 0.717) is 12.1 Å². The van der Waals surface area contributed by atoms with Crippen LogP contribution in [0.5, 0.6) is 0 Å². The normalized spacial score (nSPS) is 10.9.